The number of rotatable bonds is 6. The van der Waals surface area contributed by atoms with Crippen molar-refractivity contribution >= 4 is 5.65 Å². The van der Waals surface area contributed by atoms with Gasteiger partial charge in [0.25, 0.3) is 0 Å². The van der Waals surface area contributed by atoms with Crippen molar-refractivity contribution in [1.82, 2.24) is 29.7 Å². The van der Waals surface area contributed by atoms with Crippen LogP contribution in [-0.4, -0.2) is 30.9 Å². The average Bonchev–Trinajstić information content (AvgIpc) is 3.07. The fourth-order valence-corrected chi connectivity index (χ4v) is 3.31. The van der Waals surface area contributed by atoms with Crippen LogP contribution in [0.3, 0.4) is 0 Å². The van der Waals surface area contributed by atoms with Crippen molar-refractivity contribution in [2.45, 2.75) is 54.1 Å². The summed E-state index contributed by atoms with van der Waals surface area (Å²) < 4.78 is 4.03. The number of hydrogen-bond acceptors (Lipinski definition) is 4. The molecule has 6 nitrogen and oxygen atoms in total. The third-order valence-corrected chi connectivity index (χ3v) is 4.71. The van der Waals surface area contributed by atoms with Crippen LogP contribution in [0, 0.1) is 33.6 Å². The molecule has 0 aliphatic heterocycles. The van der Waals surface area contributed by atoms with Gasteiger partial charge in [-0.15, -0.1) is 0 Å². The summed E-state index contributed by atoms with van der Waals surface area (Å²) in [7, 11) is 0. The predicted molar refractivity (Wildman–Crippen MR) is 99.7 cm³/mol. The maximum Gasteiger partial charge on any atom is 0.155 e. The van der Waals surface area contributed by atoms with Crippen molar-refractivity contribution < 1.29 is 0 Å². The fourth-order valence-electron chi connectivity index (χ4n) is 3.31. The first kappa shape index (κ1) is 17.6. The van der Waals surface area contributed by atoms with E-state index < -0.39 is 0 Å². The molecular formula is C19H28N6. The molecule has 0 spiro atoms. The Balaban J connectivity index is 1.65. The molecular weight excluding hydrogens is 312 g/mol. The summed E-state index contributed by atoms with van der Waals surface area (Å²) in [6.45, 7) is 14.5. The Hall–Kier alpha value is -2.21. The standard InChI is InChI=1S/C19H28N6/c1-12(11-24-15(4)7-13(2)22-24)9-20-16(5)18-10-21-19-8-14(3)23-25(19)17(18)6/h7-8,10,12,16,20H,9,11H2,1-6H3. The van der Waals surface area contributed by atoms with Gasteiger partial charge >= 0.3 is 0 Å². The van der Waals surface area contributed by atoms with Crippen molar-refractivity contribution in [1.29, 1.82) is 0 Å². The first-order valence-corrected chi connectivity index (χ1v) is 8.91. The van der Waals surface area contributed by atoms with Crippen molar-refractivity contribution in [3.8, 4) is 0 Å². The number of nitrogens with one attached hydrogen (secondary N) is 1. The monoisotopic (exact) mass is 340 g/mol. The van der Waals surface area contributed by atoms with Gasteiger partial charge in [-0.25, -0.2) is 9.50 Å². The Morgan fingerprint density at radius 1 is 1.04 bits per heavy atom. The van der Waals surface area contributed by atoms with Crippen LogP contribution in [-0.2, 0) is 6.54 Å². The highest BCUT2D eigenvalue weighted by Crippen LogP contribution is 2.18. The second kappa shape index (κ2) is 6.96. The molecule has 3 aromatic heterocycles. The second-order valence-corrected chi connectivity index (χ2v) is 7.20. The highest BCUT2D eigenvalue weighted by Gasteiger charge is 2.14. The molecule has 134 valence electrons. The molecule has 0 aliphatic carbocycles. The summed E-state index contributed by atoms with van der Waals surface area (Å²) >= 11 is 0. The summed E-state index contributed by atoms with van der Waals surface area (Å²) in [4.78, 5) is 4.54. The topological polar surface area (TPSA) is 60.0 Å². The molecule has 0 aromatic carbocycles. The third kappa shape index (κ3) is 3.74. The van der Waals surface area contributed by atoms with Gasteiger partial charge < -0.3 is 5.32 Å². The quantitative estimate of drug-likeness (QED) is 0.749. The normalized spacial score (nSPS) is 14.2. The molecule has 0 saturated carbocycles. The lowest BCUT2D eigenvalue weighted by Crippen LogP contribution is -2.28. The lowest BCUT2D eigenvalue weighted by molar-refractivity contribution is 0.397. The smallest absolute Gasteiger partial charge is 0.155 e. The molecule has 3 rings (SSSR count). The first-order valence-electron chi connectivity index (χ1n) is 8.91. The Morgan fingerprint density at radius 3 is 2.44 bits per heavy atom. The summed E-state index contributed by atoms with van der Waals surface area (Å²) in [5, 5.41) is 12.7. The van der Waals surface area contributed by atoms with Gasteiger partial charge in [-0.1, -0.05) is 6.92 Å². The molecule has 0 aliphatic rings. The van der Waals surface area contributed by atoms with Crippen LogP contribution in [0.5, 0.6) is 0 Å². The van der Waals surface area contributed by atoms with Gasteiger partial charge in [0.1, 0.15) is 0 Å². The van der Waals surface area contributed by atoms with Gasteiger partial charge in [-0.2, -0.15) is 10.2 Å². The van der Waals surface area contributed by atoms with E-state index in [1.54, 1.807) is 0 Å². The van der Waals surface area contributed by atoms with E-state index >= 15 is 0 Å². The van der Waals surface area contributed by atoms with E-state index in [9.17, 15) is 0 Å². The van der Waals surface area contributed by atoms with Gasteiger partial charge in [-0.05, 0) is 46.6 Å². The lowest BCUT2D eigenvalue weighted by atomic mass is 10.1. The summed E-state index contributed by atoms with van der Waals surface area (Å²) in [5.41, 5.74) is 6.53. The molecule has 0 saturated heterocycles. The van der Waals surface area contributed by atoms with E-state index in [2.05, 4.69) is 58.9 Å². The number of hydrogen-bond donors (Lipinski definition) is 1. The van der Waals surface area contributed by atoms with Gasteiger partial charge in [0, 0.05) is 48.3 Å². The van der Waals surface area contributed by atoms with E-state index in [1.165, 1.54) is 11.3 Å². The van der Waals surface area contributed by atoms with Gasteiger partial charge in [-0.3, -0.25) is 4.68 Å². The molecule has 3 aromatic rings. The molecule has 0 amide bonds. The van der Waals surface area contributed by atoms with Crippen LogP contribution in [0.15, 0.2) is 18.3 Å². The maximum atomic E-state index is 4.55. The Labute approximate surface area is 149 Å². The van der Waals surface area contributed by atoms with Crippen molar-refractivity contribution in [3.63, 3.8) is 0 Å². The minimum Gasteiger partial charge on any atom is -0.310 e. The molecule has 6 heteroatoms. The number of fused-ring (bicyclic) bond motifs is 1. The molecule has 25 heavy (non-hydrogen) atoms. The molecule has 0 bridgehead atoms. The SMILES string of the molecule is Cc1cc(C)n(CC(C)CNC(C)c2cnc3cc(C)nn3c2C)n1. The molecule has 2 unspecified atom stereocenters. The minimum absolute atomic E-state index is 0.226. The largest absolute Gasteiger partial charge is 0.310 e. The predicted octanol–water partition coefficient (Wildman–Crippen LogP) is 3.15. The number of nitrogens with zero attached hydrogens (tertiary/aromatic N) is 5. The van der Waals surface area contributed by atoms with E-state index in [-0.39, 0.29) is 6.04 Å². The van der Waals surface area contributed by atoms with Crippen LogP contribution in [0.4, 0.5) is 0 Å². The lowest BCUT2D eigenvalue weighted by Gasteiger charge is -2.20. The van der Waals surface area contributed by atoms with Gasteiger partial charge in [0.05, 0.1) is 11.4 Å². The van der Waals surface area contributed by atoms with Crippen LogP contribution in [0.25, 0.3) is 5.65 Å². The zero-order valence-electron chi connectivity index (χ0n) is 16.0. The fraction of sp³-hybridized carbons (Fsp3) is 0.526. The van der Waals surface area contributed by atoms with E-state index in [0.29, 0.717) is 5.92 Å². The third-order valence-electron chi connectivity index (χ3n) is 4.71. The summed E-state index contributed by atoms with van der Waals surface area (Å²) in [5.74, 6) is 0.490. The van der Waals surface area contributed by atoms with Crippen molar-refractivity contribution in [2.24, 2.45) is 5.92 Å². The average molecular weight is 340 g/mol. The molecule has 1 N–H and O–H groups in total. The number of aromatic nitrogens is 5. The second-order valence-electron chi connectivity index (χ2n) is 7.20. The minimum atomic E-state index is 0.226. The zero-order chi connectivity index (χ0) is 18.1. The Bertz CT molecular complexity index is 876. The molecule has 2 atom stereocenters. The Morgan fingerprint density at radius 2 is 1.76 bits per heavy atom. The highest BCUT2D eigenvalue weighted by atomic mass is 15.3. The van der Waals surface area contributed by atoms with Crippen LogP contribution in [0.2, 0.25) is 0 Å². The van der Waals surface area contributed by atoms with Crippen LogP contribution in [0.1, 0.15) is 48.2 Å². The van der Waals surface area contributed by atoms with E-state index in [0.717, 1.165) is 35.8 Å². The maximum absolute atomic E-state index is 4.55. The van der Waals surface area contributed by atoms with Crippen molar-refractivity contribution in [3.05, 3.63) is 46.7 Å². The molecule has 0 fully saturated rings. The van der Waals surface area contributed by atoms with Gasteiger partial charge in [0.2, 0.25) is 0 Å². The first-order chi connectivity index (χ1) is 11.8. The molecule has 3 heterocycles. The number of aryl methyl sites for hydroxylation is 4. The zero-order valence-corrected chi connectivity index (χ0v) is 16.0. The van der Waals surface area contributed by atoms with Crippen LogP contribution >= 0.6 is 0 Å². The Kier molecular flexibility index (Phi) is 4.90. The van der Waals surface area contributed by atoms with Gasteiger partial charge in [0.15, 0.2) is 5.65 Å². The van der Waals surface area contributed by atoms with E-state index in [4.69, 9.17) is 0 Å². The van der Waals surface area contributed by atoms with Crippen molar-refractivity contribution in [2.75, 3.05) is 6.54 Å². The summed E-state index contributed by atoms with van der Waals surface area (Å²) in [6, 6.07) is 4.36. The van der Waals surface area contributed by atoms with Crippen LogP contribution < -0.4 is 5.32 Å². The molecule has 0 radical (unpaired) electrons. The highest BCUT2D eigenvalue weighted by molar-refractivity contribution is 5.42. The van der Waals surface area contributed by atoms with E-state index in [1.807, 2.05) is 30.6 Å². The summed E-state index contributed by atoms with van der Waals surface area (Å²) in [6.07, 6.45) is 1.97.